The first-order valence-corrected chi connectivity index (χ1v) is 10.2. The van der Waals surface area contributed by atoms with Gasteiger partial charge < -0.3 is 15.5 Å². The van der Waals surface area contributed by atoms with Crippen LogP contribution >= 0.6 is 0 Å². The van der Waals surface area contributed by atoms with Crippen LogP contribution in [0.2, 0.25) is 0 Å². The lowest BCUT2D eigenvalue weighted by atomic mass is 10.0. The maximum atomic E-state index is 13.1. The zero-order valence-electron chi connectivity index (χ0n) is 16.1. The number of nitrogens with zero attached hydrogens (tertiary/aromatic N) is 1. The number of benzene rings is 2. The van der Waals surface area contributed by atoms with Gasteiger partial charge in [-0.2, -0.15) is 0 Å². The number of anilines is 1. The average Bonchev–Trinajstić information content (AvgIpc) is 3.58. The largest absolute Gasteiger partial charge is 0.338 e. The van der Waals surface area contributed by atoms with Crippen molar-refractivity contribution in [1.82, 2.24) is 10.2 Å². The van der Waals surface area contributed by atoms with Crippen LogP contribution in [-0.2, 0) is 0 Å². The average molecular weight is 377 g/mol. The molecule has 2 aromatic rings. The zero-order valence-corrected chi connectivity index (χ0v) is 16.1. The molecule has 2 aromatic carbocycles. The van der Waals surface area contributed by atoms with Gasteiger partial charge in [-0.3, -0.25) is 9.59 Å². The first kappa shape index (κ1) is 18.7. The van der Waals surface area contributed by atoms with Gasteiger partial charge in [0.15, 0.2) is 0 Å². The summed E-state index contributed by atoms with van der Waals surface area (Å²) in [6.07, 6.45) is 4.68. The second-order valence-corrected chi connectivity index (χ2v) is 7.78. The van der Waals surface area contributed by atoms with E-state index >= 15 is 0 Å². The van der Waals surface area contributed by atoms with Crippen molar-refractivity contribution in [3.05, 3.63) is 65.7 Å². The lowest BCUT2D eigenvalue weighted by Crippen LogP contribution is -2.45. The predicted octanol–water partition coefficient (Wildman–Crippen LogP) is 3.54. The van der Waals surface area contributed by atoms with Gasteiger partial charge in [0.2, 0.25) is 0 Å². The van der Waals surface area contributed by atoms with Crippen LogP contribution in [0.3, 0.4) is 0 Å². The number of nitrogens with one attached hydrogen (secondary N) is 2. The second-order valence-electron chi connectivity index (χ2n) is 7.78. The maximum absolute atomic E-state index is 13.1. The number of carbonyl (C=O) groups is 2. The number of amides is 2. The summed E-state index contributed by atoms with van der Waals surface area (Å²) in [5.41, 5.74) is 1.69. The molecule has 0 bridgehead atoms. The molecule has 2 N–H and O–H groups in total. The van der Waals surface area contributed by atoms with E-state index in [2.05, 4.69) is 10.6 Å². The molecule has 5 heteroatoms. The molecule has 0 unspecified atom stereocenters. The Balaban J connectivity index is 1.38. The predicted molar refractivity (Wildman–Crippen MR) is 110 cm³/mol. The molecule has 1 saturated heterocycles. The van der Waals surface area contributed by atoms with Crippen LogP contribution in [0.4, 0.5) is 5.69 Å². The topological polar surface area (TPSA) is 61.4 Å². The van der Waals surface area contributed by atoms with Gasteiger partial charge in [-0.15, -0.1) is 0 Å². The maximum Gasteiger partial charge on any atom is 0.255 e. The highest BCUT2D eigenvalue weighted by Crippen LogP contribution is 2.28. The molecule has 0 atom stereocenters. The lowest BCUT2D eigenvalue weighted by molar-refractivity contribution is 0.0706. The van der Waals surface area contributed by atoms with Crippen LogP contribution in [0.25, 0.3) is 0 Å². The van der Waals surface area contributed by atoms with Crippen molar-refractivity contribution in [1.29, 1.82) is 0 Å². The summed E-state index contributed by atoms with van der Waals surface area (Å²) >= 11 is 0. The van der Waals surface area contributed by atoms with E-state index in [1.165, 1.54) is 12.8 Å². The quantitative estimate of drug-likeness (QED) is 0.809. The molecule has 1 saturated carbocycles. The third kappa shape index (κ3) is 4.60. The van der Waals surface area contributed by atoms with Gasteiger partial charge >= 0.3 is 0 Å². The molecule has 1 aliphatic carbocycles. The fourth-order valence-corrected chi connectivity index (χ4v) is 3.67. The van der Waals surface area contributed by atoms with Gasteiger partial charge in [0, 0.05) is 24.7 Å². The summed E-state index contributed by atoms with van der Waals surface area (Å²) in [6, 6.07) is 16.8. The number of hydrogen-bond acceptors (Lipinski definition) is 3. The number of likely N-dealkylation sites (tertiary alicyclic amines) is 1. The number of rotatable bonds is 6. The van der Waals surface area contributed by atoms with E-state index in [1.54, 1.807) is 24.3 Å². The molecule has 0 spiro atoms. The molecule has 2 fully saturated rings. The van der Waals surface area contributed by atoms with Crippen molar-refractivity contribution in [3.63, 3.8) is 0 Å². The highest BCUT2D eigenvalue weighted by molar-refractivity contribution is 6.09. The molecule has 1 heterocycles. The molecule has 1 aliphatic heterocycles. The van der Waals surface area contributed by atoms with Gasteiger partial charge in [-0.25, -0.2) is 0 Å². The zero-order chi connectivity index (χ0) is 19.3. The number of carbonyl (C=O) groups excluding carboxylic acids is 2. The normalized spacial score (nSPS) is 17.4. The SMILES string of the molecule is O=C(Nc1ccccc1C(=O)N1CCC(NCC2CC2)CC1)c1ccccc1. The molecular formula is C23H27N3O2. The lowest BCUT2D eigenvalue weighted by Gasteiger charge is -2.33. The fraction of sp³-hybridized carbons (Fsp3) is 0.391. The van der Waals surface area contributed by atoms with E-state index in [0.717, 1.165) is 38.4 Å². The van der Waals surface area contributed by atoms with Crippen molar-refractivity contribution in [2.75, 3.05) is 25.0 Å². The van der Waals surface area contributed by atoms with Crippen molar-refractivity contribution < 1.29 is 9.59 Å². The van der Waals surface area contributed by atoms with E-state index in [4.69, 9.17) is 0 Å². The minimum Gasteiger partial charge on any atom is -0.338 e. The van der Waals surface area contributed by atoms with E-state index in [1.807, 2.05) is 35.2 Å². The van der Waals surface area contributed by atoms with Crippen molar-refractivity contribution in [3.8, 4) is 0 Å². The van der Waals surface area contributed by atoms with Crippen molar-refractivity contribution >= 4 is 17.5 Å². The molecule has 5 nitrogen and oxygen atoms in total. The molecule has 4 rings (SSSR count). The van der Waals surface area contributed by atoms with Gasteiger partial charge in [0.25, 0.3) is 11.8 Å². The van der Waals surface area contributed by atoms with E-state index in [0.29, 0.717) is 22.9 Å². The Hall–Kier alpha value is -2.66. The van der Waals surface area contributed by atoms with Gasteiger partial charge in [0.05, 0.1) is 11.3 Å². The third-order valence-electron chi connectivity index (χ3n) is 5.62. The Bertz CT molecular complexity index is 825. The molecule has 0 aromatic heterocycles. The Labute approximate surface area is 166 Å². The summed E-state index contributed by atoms with van der Waals surface area (Å²) in [5, 5.41) is 6.54. The van der Waals surface area contributed by atoms with E-state index < -0.39 is 0 Å². The minimum atomic E-state index is -0.205. The molecule has 146 valence electrons. The fourth-order valence-electron chi connectivity index (χ4n) is 3.67. The first-order valence-electron chi connectivity index (χ1n) is 10.2. The summed E-state index contributed by atoms with van der Waals surface area (Å²) in [6.45, 7) is 2.62. The van der Waals surface area contributed by atoms with Crippen LogP contribution in [0.15, 0.2) is 54.6 Å². The third-order valence-corrected chi connectivity index (χ3v) is 5.62. The van der Waals surface area contributed by atoms with Crippen LogP contribution in [0.5, 0.6) is 0 Å². The van der Waals surface area contributed by atoms with Crippen LogP contribution in [0.1, 0.15) is 46.4 Å². The van der Waals surface area contributed by atoms with Gasteiger partial charge in [-0.1, -0.05) is 30.3 Å². The molecule has 2 amide bonds. The van der Waals surface area contributed by atoms with Crippen LogP contribution < -0.4 is 10.6 Å². The van der Waals surface area contributed by atoms with Crippen molar-refractivity contribution in [2.45, 2.75) is 31.7 Å². The number of para-hydroxylation sites is 1. The summed E-state index contributed by atoms with van der Waals surface area (Å²) in [4.78, 5) is 27.5. The first-order chi connectivity index (χ1) is 13.7. The highest BCUT2D eigenvalue weighted by Gasteiger charge is 2.27. The Morgan fingerprint density at radius 1 is 0.893 bits per heavy atom. The molecule has 0 radical (unpaired) electrons. The summed E-state index contributed by atoms with van der Waals surface area (Å²) in [5.74, 6) is 0.660. The molecular weight excluding hydrogens is 350 g/mol. The van der Waals surface area contributed by atoms with Crippen LogP contribution in [0, 0.1) is 5.92 Å². The highest BCUT2D eigenvalue weighted by atomic mass is 16.2. The minimum absolute atomic E-state index is 0.00963. The summed E-state index contributed by atoms with van der Waals surface area (Å²) < 4.78 is 0. The number of piperidine rings is 1. The van der Waals surface area contributed by atoms with Crippen molar-refractivity contribution in [2.24, 2.45) is 5.92 Å². The van der Waals surface area contributed by atoms with Gasteiger partial charge in [0.1, 0.15) is 0 Å². The molecule has 2 aliphatic rings. The smallest absolute Gasteiger partial charge is 0.255 e. The number of hydrogen-bond donors (Lipinski definition) is 2. The van der Waals surface area contributed by atoms with Crippen LogP contribution in [-0.4, -0.2) is 42.4 Å². The molecule has 28 heavy (non-hydrogen) atoms. The van der Waals surface area contributed by atoms with Gasteiger partial charge in [-0.05, 0) is 62.4 Å². The Kier molecular flexibility index (Phi) is 5.72. The summed E-state index contributed by atoms with van der Waals surface area (Å²) in [7, 11) is 0. The Morgan fingerprint density at radius 3 is 2.29 bits per heavy atom. The monoisotopic (exact) mass is 377 g/mol. The van der Waals surface area contributed by atoms with E-state index in [-0.39, 0.29) is 11.8 Å². The standard InChI is InChI=1S/C23H27N3O2/c27-22(18-6-2-1-3-7-18)25-21-9-5-4-8-20(21)23(28)26-14-12-19(13-15-26)24-16-17-10-11-17/h1-9,17,19,24H,10-16H2,(H,25,27). The second kappa shape index (κ2) is 8.57. The Morgan fingerprint density at radius 2 is 1.57 bits per heavy atom. The van der Waals surface area contributed by atoms with E-state index in [9.17, 15) is 9.59 Å².